The van der Waals surface area contributed by atoms with E-state index in [2.05, 4.69) is 27.3 Å². The van der Waals surface area contributed by atoms with Crippen LogP contribution in [0.3, 0.4) is 0 Å². The van der Waals surface area contributed by atoms with Crippen LogP contribution >= 0.6 is 15.9 Å². The third-order valence-electron chi connectivity index (χ3n) is 4.13. The third kappa shape index (κ3) is 2.80. The molecule has 1 heterocycles. The summed E-state index contributed by atoms with van der Waals surface area (Å²) in [4.78, 5) is 0. The molecule has 110 valence electrons. The summed E-state index contributed by atoms with van der Waals surface area (Å²) in [7, 11) is 1.81. The maximum absolute atomic E-state index is 5.64. The van der Waals surface area contributed by atoms with Gasteiger partial charge >= 0.3 is 0 Å². The van der Waals surface area contributed by atoms with Gasteiger partial charge in [0.1, 0.15) is 13.2 Å². The zero-order valence-corrected chi connectivity index (χ0v) is 13.3. The number of rotatable bonds is 5. The zero-order chi connectivity index (χ0) is 14.0. The topological polar surface area (TPSA) is 39.7 Å². The van der Waals surface area contributed by atoms with Crippen LogP contribution in [-0.4, -0.2) is 32.5 Å². The number of hydrogen-bond donors (Lipinski definition) is 1. The summed E-state index contributed by atoms with van der Waals surface area (Å²) in [5.41, 5.74) is 1.25. The van der Waals surface area contributed by atoms with Gasteiger partial charge in [-0.05, 0) is 52.9 Å². The van der Waals surface area contributed by atoms with Gasteiger partial charge in [0.2, 0.25) is 0 Å². The Kier molecular flexibility index (Phi) is 4.19. The minimum Gasteiger partial charge on any atom is -0.486 e. The molecular weight excluding hydrogens is 322 g/mol. The van der Waals surface area contributed by atoms with Crippen molar-refractivity contribution in [3.8, 4) is 11.5 Å². The van der Waals surface area contributed by atoms with E-state index in [0.29, 0.717) is 13.2 Å². The van der Waals surface area contributed by atoms with Gasteiger partial charge in [-0.3, -0.25) is 0 Å². The Balaban J connectivity index is 1.61. The molecule has 1 aliphatic carbocycles. The van der Waals surface area contributed by atoms with Gasteiger partial charge in [-0.1, -0.05) is 0 Å². The van der Waals surface area contributed by atoms with E-state index in [0.717, 1.165) is 41.9 Å². The Hall–Kier alpha value is -0.780. The van der Waals surface area contributed by atoms with Gasteiger partial charge in [0.25, 0.3) is 0 Å². The van der Waals surface area contributed by atoms with Crippen LogP contribution in [0.1, 0.15) is 24.8 Å². The van der Waals surface area contributed by atoms with Crippen molar-refractivity contribution in [2.45, 2.75) is 31.4 Å². The average molecular weight is 342 g/mol. The first kappa shape index (κ1) is 14.2. The normalized spacial score (nSPS) is 19.5. The number of nitrogens with one attached hydrogen (secondary N) is 1. The van der Waals surface area contributed by atoms with Gasteiger partial charge in [-0.25, -0.2) is 0 Å². The Bertz CT molecular complexity index is 483. The highest BCUT2D eigenvalue weighted by Crippen LogP contribution is 2.38. The van der Waals surface area contributed by atoms with Gasteiger partial charge in [-0.15, -0.1) is 0 Å². The Morgan fingerprint density at radius 3 is 2.80 bits per heavy atom. The lowest BCUT2D eigenvalue weighted by Gasteiger charge is -2.40. The Morgan fingerprint density at radius 1 is 1.30 bits per heavy atom. The second-order valence-electron chi connectivity index (χ2n) is 5.45. The molecule has 0 bridgehead atoms. The second-order valence-corrected chi connectivity index (χ2v) is 6.30. The molecule has 0 atom stereocenters. The van der Waals surface area contributed by atoms with E-state index in [1.807, 2.05) is 13.2 Å². The number of hydrogen-bond acceptors (Lipinski definition) is 4. The van der Waals surface area contributed by atoms with Crippen LogP contribution in [0.4, 0.5) is 0 Å². The Labute approximate surface area is 127 Å². The van der Waals surface area contributed by atoms with Gasteiger partial charge in [0.15, 0.2) is 11.5 Å². The van der Waals surface area contributed by atoms with Gasteiger partial charge in [-0.2, -0.15) is 0 Å². The van der Waals surface area contributed by atoms with Gasteiger partial charge in [0, 0.05) is 20.2 Å². The first-order chi connectivity index (χ1) is 9.72. The van der Waals surface area contributed by atoms with Crippen LogP contribution in [0.5, 0.6) is 11.5 Å². The summed E-state index contributed by atoms with van der Waals surface area (Å²) in [6.07, 6.45) is 3.58. The third-order valence-corrected chi connectivity index (χ3v) is 4.72. The maximum Gasteiger partial charge on any atom is 0.175 e. The van der Waals surface area contributed by atoms with Gasteiger partial charge in [0.05, 0.1) is 10.1 Å². The van der Waals surface area contributed by atoms with Crippen LogP contribution < -0.4 is 14.8 Å². The standard InChI is InChI=1S/C15H20BrNO3/c1-18-15(3-2-4-15)10-17-9-11-7-12(16)14-13(8-11)19-5-6-20-14/h7-8,17H,2-6,9-10H2,1H3. The van der Waals surface area contributed by atoms with Crippen LogP contribution in [-0.2, 0) is 11.3 Å². The molecule has 0 radical (unpaired) electrons. The summed E-state index contributed by atoms with van der Waals surface area (Å²) in [5, 5.41) is 3.49. The monoisotopic (exact) mass is 341 g/mol. The van der Waals surface area contributed by atoms with Crippen molar-refractivity contribution >= 4 is 15.9 Å². The SMILES string of the molecule is COC1(CNCc2cc(Br)c3c(c2)OCCO3)CCC1. The molecule has 3 rings (SSSR count). The van der Waals surface area contributed by atoms with Gasteiger partial charge < -0.3 is 19.5 Å². The fourth-order valence-corrected chi connectivity index (χ4v) is 3.33. The zero-order valence-electron chi connectivity index (χ0n) is 11.7. The molecule has 0 unspecified atom stereocenters. The van der Waals surface area contributed by atoms with Crippen LogP contribution in [0, 0.1) is 0 Å². The van der Waals surface area contributed by atoms with E-state index in [9.17, 15) is 0 Å². The molecule has 0 spiro atoms. The highest BCUT2D eigenvalue weighted by molar-refractivity contribution is 9.10. The predicted molar refractivity (Wildman–Crippen MR) is 80.4 cm³/mol. The van der Waals surface area contributed by atoms with Crippen molar-refractivity contribution in [1.29, 1.82) is 0 Å². The van der Waals surface area contributed by atoms with Crippen molar-refractivity contribution < 1.29 is 14.2 Å². The van der Waals surface area contributed by atoms with Crippen molar-refractivity contribution in [3.63, 3.8) is 0 Å². The van der Waals surface area contributed by atoms with Crippen molar-refractivity contribution in [3.05, 3.63) is 22.2 Å². The lowest BCUT2D eigenvalue weighted by Crippen LogP contribution is -2.47. The smallest absolute Gasteiger partial charge is 0.175 e. The lowest BCUT2D eigenvalue weighted by atomic mass is 9.80. The molecule has 4 nitrogen and oxygen atoms in total. The molecular formula is C15H20BrNO3. The minimum absolute atomic E-state index is 0.0606. The molecule has 0 aromatic heterocycles. The predicted octanol–water partition coefficient (Wildman–Crippen LogP) is 2.88. The number of benzene rings is 1. The highest BCUT2D eigenvalue weighted by Gasteiger charge is 2.36. The Morgan fingerprint density at radius 2 is 2.10 bits per heavy atom. The average Bonchev–Trinajstić information content (AvgIpc) is 2.42. The summed E-state index contributed by atoms with van der Waals surface area (Å²) in [6.45, 7) is 2.93. The molecule has 1 aromatic carbocycles. The van der Waals surface area contributed by atoms with E-state index in [4.69, 9.17) is 14.2 Å². The molecule has 1 saturated carbocycles. The van der Waals surface area contributed by atoms with Crippen molar-refractivity contribution in [2.24, 2.45) is 0 Å². The summed E-state index contributed by atoms with van der Waals surface area (Å²) < 4.78 is 17.8. The largest absolute Gasteiger partial charge is 0.486 e. The van der Waals surface area contributed by atoms with E-state index in [1.54, 1.807) is 0 Å². The fourth-order valence-electron chi connectivity index (χ4n) is 2.73. The molecule has 1 aromatic rings. The van der Waals surface area contributed by atoms with Crippen molar-refractivity contribution in [1.82, 2.24) is 5.32 Å². The molecule has 1 N–H and O–H groups in total. The number of ether oxygens (including phenoxy) is 3. The molecule has 0 amide bonds. The molecule has 20 heavy (non-hydrogen) atoms. The number of fused-ring (bicyclic) bond motifs is 1. The highest BCUT2D eigenvalue weighted by atomic mass is 79.9. The lowest BCUT2D eigenvalue weighted by molar-refractivity contribution is -0.0695. The van der Waals surface area contributed by atoms with E-state index < -0.39 is 0 Å². The van der Waals surface area contributed by atoms with E-state index >= 15 is 0 Å². The summed E-state index contributed by atoms with van der Waals surface area (Å²) >= 11 is 3.55. The fraction of sp³-hybridized carbons (Fsp3) is 0.600. The summed E-state index contributed by atoms with van der Waals surface area (Å²) in [6, 6.07) is 4.13. The molecule has 2 aliphatic rings. The first-order valence-electron chi connectivity index (χ1n) is 7.06. The van der Waals surface area contributed by atoms with E-state index in [1.165, 1.54) is 12.0 Å². The maximum atomic E-state index is 5.64. The van der Waals surface area contributed by atoms with E-state index in [-0.39, 0.29) is 5.60 Å². The van der Waals surface area contributed by atoms with Crippen molar-refractivity contribution in [2.75, 3.05) is 26.9 Å². The number of halogens is 1. The molecule has 0 saturated heterocycles. The number of methoxy groups -OCH3 is 1. The molecule has 1 fully saturated rings. The van der Waals surface area contributed by atoms with Crippen LogP contribution in [0.2, 0.25) is 0 Å². The minimum atomic E-state index is 0.0606. The molecule has 1 aliphatic heterocycles. The quantitative estimate of drug-likeness (QED) is 0.893. The van der Waals surface area contributed by atoms with Crippen LogP contribution in [0.25, 0.3) is 0 Å². The summed E-state index contributed by atoms with van der Waals surface area (Å²) in [5.74, 6) is 1.64. The van der Waals surface area contributed by atoms with Crippen LogP contribution in [0.15, 0.2) is 16.6 Å². The second kappa shape index (κ2) is 5.92. The molecule has 5 heteroatoms. The first-order valence-corrected chi connectivity index (χ1v) is 7.86.